The maximum Gasteiger partial charge on any atom is 0.315 e. The van der Waals surface area contributed by atoms with E-state index in [1.54, 1.807) is 10.9 Å². The first-order chi connectivity index (χ1) is 11.6. The number of carbonyl (C=O) groups is 1. The van der Waals surface area contributed by atoms with Gasteiger partial charge in [0, 0.05) is 32.0 Å². The minimum Gasteiger partial charge on any atom is -0.371 e. The van der Waals surface area contributed by atoms with E-state index in [0.717, 1.165) is 24.0 Å². The minimum absolute atomic E-state index is 0.0418. The van der Waals surface area contributed by atoms with Crippen LogP contribution in [0.3, 0.4) is 0 Å². The highest BCUT2D eigenvalue weighted by Gasteiger charge is 2.29. The maximum atomic E-state index is 12.3. The molecule has 6 heteroatoms. The molecule has 0 spiro atoms. The second-order valence-corrected chi connectivity index (χ2v) is 6.24. The monoisotopic (exact) mass is 328 g/mol. The number of urea groups is 1. The molecule has 1 aliphatic rings. The Bertz CT molecular complexity index is 698. The lowest BCUT2D eigenvalue weighted by Crippen LogP contribution is -2.46. The Labute approximate surface area is 142 Å². The van der Waals surface area contributed by atoms with E-state index in [1.807, 2.05) is 44.4 Å². The van der Waals surface area contributed by atoms with Gasteiger partial charge in [0.05, 0.1) is 12.2 Å². The third-order valence-corrected chi connectivity index (χ3v) is 4.39. The van der Waals surface area contributed by atoms with Crippen molar-refractivity contribution in [3.8, 4) is 0 Å². The molecule has 3 rings (SSSR count). The number of aryl methyl sites for hydroxylation is 2. The molecule has 2 atom stereocenters. The van der Waals surface area contributed by atoms with Gasteiger partial charge in [0.1, 0.15) is 6.10 Å². The van der Waals surface area contributed by atoms with Crippen molar-refractivity contribution in [2.75, 3.05) is 6.61 Å². The molecule has 2 heterocycles. The molecule has 6 nitrogen and oxygen atoms in total. The van der Waals surface area contributed by atoms with Crippen LogP contribution in [0, 0.1) is 6.92 Å². The number of carbonyl (C=O) groups excluding carboxylic acids is 1. The lowest BCUT2D eigenvalue weighted by molar-refractivity contribution is -0.00747. The molecule has 24 heavy (non-hydrogen) atoms. The summed E-state index contributed by atoms with van der Waals surface area (Å²) in [6.07, 6.45) is 5.44. The molecule has 1 aliphatic heterocycles. The molecule has 0 aliphatic carbocycles. The van der Waals surface area contributed by atoms with E-state index in [9.17, 15) is 4.79 Å². The number of hydrogen-bond donors (Lipinski definition) is 2. The van der Waals surface area contributed by atoms with Crippen molar-refractivity contribution < 1.29 is 9.53 Å². The highest BCUT2D eigenvalue weighted by molar-refractivity contribution is 5.74. The normalized spacial score (nSPS) is 20.6. The minimum atomic E-state index is -0.164. The summed E-state index contributed by atoms with van der Waals surface area (Å²) in [5.41, 5.74) is 3.30. The zero-order valence-electron chi connectivity index (χ0n) is 14.2. The quantitative estimate of drug-likeness (QED) is 0.906. The molecule has 0 radical (unpaired) electrons. The topological polar surface area (TPSA) is 68.2 Å². The first-order valence-electron chi connectivity index (χ1n) is 8.32. The first kappa shape index (κ1) is 16.5. The largest absolute Gasteiger partial charge is 0.371 e. The first-order valence-corrected chi connectivity index (χ1v) is 8.32. The van der Waals surface area contributed by atoms with Gasteiger partial charge in [0.25, 0.3) is 0 Å². The number of aromatic nitrogens is 2. The van der Waals surface area contributed by atoms with Crippen LogP contribution < -0.4 is 10.6 Å². The molecule has 0 unspecified atom stereocenters. The van der Waals surface area contributed by atoms with Crippen molar-refractivity contribution in [1.82, 2.24) is 20.4 Å². The second kappa shape index (κ2) is 7.49. The fourth-order valence-corrected chi connectivity index (χ4v) is 3.05. The molecule has 0 saturated carbocycles. The number of rotatable bonds is 4. The fourth-order valence-electron chi connectivity index (χ4n) is 3.05. The summed E-state index contributed by atoms with van der Waals surface area (Å²) in [6, 6.07) is 7.84. The Morgan fingerprint density at radius 1 is 1.42 bits per heavy atom. The lowest BCUT2D eigenvalue weighted by Gasteiger charge is -2.31. The molecule has 2 aromatic rings. The number of nitrogens with zero attached hydrogens (tertiary/aromatic N) is 2. The van der Waals surface area contributed by atoms with E-state index in [2.05, 4.69) is 15.7 Å². The van der Waals surface area contributed by atoms with Gasteiger partial charge in [-0.05, 0) is 30.9 Å². The molecule has 0 bridgehead atoms. The van der Waals surface area contributed by atoms with Crippen molar-refractivity contribution in [3.63, 3.8) is 0 Å². The SMILES string of the molecule is Cc1ccccc1CNC(=O)N[C@H]1CCCO[C@@H]1c1cnn(C)c1. The van der Waals surface area contributed by atoms with Crippen molar-refractivity contribution in [2.45, 2.75) is 38.5 Å². The fraction of sp³-hybridized carbons (Fsp3) is 0.444. The van der Waals surface area contributed by atoms with Gasteiger partial charge >= 0.3 is 6.03 Å². The highest BCUT2D eigenvalue weighted by Crippen LogP contribution is 2.28. The van der Waals surface area contributed by atoms with Gasteiger partial charge in [-0.3, -0.25) is 4.68 Å². The van der Waals surface area contributed by atoms with Crippen LogP contribution in [0.5, 0.6) is 0 Å². The molecule has 128 valence electrons. The van der Waals surface area contributed by atoms with E-state index in [-0.39, 0.29) is 18.2 Å². The summed E-state index contributed by atoms with van der Waals surface area (Å²) < 4.78 is 7.63. The van der Waals surface area contributed by atoms with Gasteiger partial charge in [-0.15, -0.1) is 0 Å². The third-order valence-electron chi connectivity index (χ3n) is 4.39. The number of nitrogens with one attached hydrogen (secondary N) is 2. The average molecular weight is 328 g/mol. The van der Waals surface area contributed by atoms with Gasteiger partial charge in [-0.2, -0.15) is 5.10 Å². The van der Waals surface area contributed by atoms with Crippen LogP contribution in [0.4, 0.5) is 4.79 Å². The summed E-state index contributed by atoms with van der Waals surface area (Å²) in [5.74, 6) is 0. The van der Waals surface area contributed by atoms with Gasteiger partial charge in [-0.25, -0.2) is 4.79 Å². The molecule has 1 saturated heterocycles. The van der Waals surface area contributed by atoms with E-state index in [1.165, 1.54) is 5.56 Å². The molecular weight excluding hydrogens is 304 g/mol. The molecule has 2 amide bonds. The summed E-state index contributed by atoms with van der Waals surface area (Å²) in [6.45, 7) is 3.27. The molecule has 2 N–H and O–H groups in total. The van der Waals surface area contributed by atoms with Crippen LogP contribution in [-0.2, 0) is 18.3 Å². The Kier molecular flexibility index (Phi) is 5.15. The van der Waals surface area contributed by atoms with E-state index in [4.69, 9.17) is 4.74 Å². The van der Waals surface area contributed by atoms with Gasteiger partial charge in [-0.1, -0.05) is 24.3 Å². The summed E-state index contributed by atoms with van der Waals surface area (Å²) in [4.78, 5) is 12.3. The lowest BCUT2D eigenvalue weighted by atomic mass is 9.98. The Balaban J connectivity index is 1.58. The summed E-state index contributed by atoms with van der Waals surface area (Å²) in [5, 5.41) is 10.2. The smallest absolute Gasteiger partial charge is 0.315 e. The van der Waals surface area contributed by atoms with Crippen LogP contribution in [-0.4, -0.2) is 28.5 Å². The van der Waals surface area contributed by atoms with Crippen molar-refractivity contribution in [3.05, 3.63) is 53.3 Å². The third kappa shape index (κ3) is 3.94. The number of ether oxygens (including phenoxy) is 1. The summed E-state index contributed by atoms with van der Waals surface area (Å²) >= 11 is 0. The number of amides is 2. The van der Waals surface area contributed by atoms with Gasteiger partial charge in [0.2, 0.25) is 0 Å². The van der Waals surface area contributed by atoms with Crippen LogP contribution in [0.1, 0.15) is 35.6 Å². The Morgan fingerprint density at radius 3 is 3.00 bits per heavy atom. The summed E-state index contributed by atoms with van der Waals surface area (Å²) in [7, 11) is 1.88. The van der Waals surface area contributed by atoms with Gasteiger partial charge in [0.15, 0.2) is 0 Å². The van der Waals surface area contributed by atoms with E-state index >= 15 is 0 Å². The van der Waals surface area contributed by atoms with Crippen LogP contribution in [0.15, 0.2) is 36.7 Å². The molecular formula is C18H24N4O2. The van der Waals surface area contributed by atoms with Crippen molar-refractivity contribution in [2.24, 2.45) is 7.05 Å². The van der Waals surface area contributed by atoms with Crippen LogP contribution >= 0.6 is 0 Å². The van der Waals surface area contributed by atoms with Gasteiger partial charge < -0.3 is 15.4 Å². The van der Waals surface area contributed by atoms with E-state index in [0.29, 0.717) is 13.2 Å². The number of hydrogen-bond acceptors (Lipinski definition) is 3. The van der Waals surface area contributed by atoms with Crippen molar-refractivity contribution >= 4 is 6.03 Å². The predicted octanol–water partition coefficient (Wildman–Crippen LogP) is 2.45. The molecule has 1 fully saturated rings. The Morgan fingerprint density at radius 2 is 2.25 bits per heavy atom. The second-order valence-electron chi connectivity index (χ2n) is 6.24. The van der Waals surface area contributed by atoms with E-state index < -0.39 is 0 Å². The average Bonchev–Trinajstić information content (AvgIpc) is 3.01. The maximum absolute atomic E-state index is 12.3. The molecule has 1 aromatic carbocycles. The molecule has 1 aromatic heterocycles. The zero-order chi connectivity index (χ0) is 16.9. The highest BCUT2D eigenvalue weighted by atomic mass is 16.5. The number of benzene rings is 1. The van der Waals surface area contributed by atoms with Crippen LogP contribution in [0.25, 0.3) is 0 Å². The predicted molar refractivity (Wildman–Crippen MR) is 91.5 cm³/mol. The zero-order valence-corrected chi connectivity index (χ0v) is 14.2. The Hall–Kier alpha value is -2.34. The standard InChI is InChI=1S/C18H24N4O2/c1-13-6-3-4-7-14(13)10-19-18(23)21-16-8-5-9-24-17(16)15-11-20-22(2)12-15/h3-4,6-7,11-12,16-17H,5,8-10H2,1-2H3,(H2,19,21,23)/t16-,17+/m0/s1. The van der Waals surface area contributed by atoms with Crippen LogP contribution in [0.2, 0.25) is 0 Å². The van der Waals surface area contributed by atoms with Crippen molar-refractivity contribution in [1.29, 1.82) is 0 Å².